The fourth-order valence-corrected chi connectivity index (χ4v) is 4.81. The molecule has 0 saturated heterocycles. The van der Waals surface area contributed by atoms with E-state index in [9.17, 15) is 13.5 Å². The average molecular weight is 439 g/mol. The van der Waals surface area contributed by atoms with Crippen molar-refractivity contribution in [3.63, 3.8) is 0 Å². The summed E-state index contributed by atoms with van der Waals surface area (Å²) < 4.78 is 34.3. The second-order valence-electron chi connectivity index (χ2n) is 4.41. The van der Waals surface area contributed by atoms with Crippen molar-refractivity contribution in [2.75, 3.05) is 4.72 Å². The van der Waals surface area contributed by atoms with Gasteiger partial charge in [-0.15, -0.1) is 0 Å². The number of aliphatic hydroxyl groups is 1. The molecule has 0 radical (unpaired) electrons. The summed E-state index contributed by atoms with van der Waals surface area (Å²) in [6.07, 6.45) is 0. The minimum Gasteiger partial charge on any atom is -0.465 e. The van der Waals surface area contributed by atoms with E-state index in [1.165, 1.54) is 0 Å². The molecule has 2 N–H and O–H groups in total. The van der Waals surface area contributed by atoms with Gasteiger partial charge in [-0.25, -0.2) is 8.42 Å². The molecule has 0 bridgehead atoms. The number of nitrogens with one attached hydrogen (secondary N) is 1. The van der Waals surface area contributed by atoms with E-state index in [1.807, 2.05) is 0 Å². The van der Waals surface area contributed by atoms with E-state index in [2.05, 4.69) is 36.6 Å². The number of furan rings is 1. The topological polar surface area (TPSA) is 79.5 Å². The van der Waals surface area contributed by atoms with Crippen LogP contribution in [0.25, 0.3) is 0 Å². The maximum absolute atomic E-state index is 12.5. The van der Waals surface area contributed by atoms with Gasteiger partial charge in [0, 0.05) is 14.5 Å². The van der Waals surface area contributed by atoms with Gasteiger partial charge in [0.25, 0.3) is 10.0 Å². The summed E-state index contributed by atoms with van der Waals surface area (Å²) >= 11 is 6.61. The third-order valence-electron chi connectivity index (χ3n) is 2.93. The van der Waals surface area contributed by atoms with Crippen LogP contribution in [0, 0.1) is 13.8 Å². The number of aliphatic hydroxyl groups excluding tert-OH is 1. The van der Waals surface area contributed by atoms with Crippen LogP contribution in [0.3, 0.4) is 0 Å². The molecule has 1 aromatic heterocycles. The molecule has 1 heterocycles. The zero-order valence-electron chi connectivity index (χ0n) is 11.3. The van der Waals surface area contributed by atoms with Gasteiger partial charge in [-0.05, 0) is 48.0 Å². The van der Waals surface area contributed by atoms with Gasteiger partial charge in [0.15, 0.2) is 0 Å². The molecule has 0 atom stereocenters. The van der Waals surface area contributed by atoms with Crippen LogP contribution in [-0.2, 0) is 16.6 Å². The fourth-order valence-electron chi connectivity index (χ4n) is 2.01. The monoisotopic (exact) mass is 437 g/mol. The Morgan fingerprint density at radius 2 is 1.90 bits per heavy atom. The zero-order chi connectivity index (χ0) is 15.8. The Morgan fingerprint density at radius 3 is 2.48 bits per heavy atom. The van der Waals surface area contributed by atoms with E-state index in [1.54, 1.807) is 32.0 Å². The van der Waals surface area contributed by atoms with Gasteiger partial charge in [-0.2, -0.15) is 0 Å². The van der Waals surface area contributed by atoms with E-state index in [-0.39, 0.29) is 16.2 Å². The molecule has 2 aromatic rings. The van der Waals surface area contributed by atoms with E-state index < -0.39 is 16.6 Å². The van der Waals surface area contributed by atoms with Crippen LogP contribution in [0.1, 0.15) is 17.1 Å². The molecule has 0 spiro atoms. The molecular formula is C13H13Br2NO4S. The molecule has 0 saturated carbocycles. The standard InChI is InChI=1S/C13H13Br2NO4S/c1-7-10(6-17)13(8(2)20-7)21(18,19)16-12-4-3-9(14)5-11(12)15/h3-5,16-17H,6H2,1-2H3. The van der Waals surface area contributed by atoms with Gasteiger partial charge in [-0.3, -0.25) is 4.72 Å². The molecule has 2 rings (SSSR count). The molecule has 0 fully saturated rings. The Bertz CT molecular complexity index is 784. The molecule has 0 unspecified atom stereocenters. The van der Waals surface area contributed by atoms with Gasteiger partial charge in [0.2, 0.25) is 0 Å². The van der Waals surface area contributed by atoms with Crippen molar-refractivity contribution in [1.29, 1.82) is 0 Å². The highest BCUT2D eigenvalue weighted by Crippen LogP contribution is 2.31. The first-order valence-corrected chi connectivity index (χ1v) is 9.00. The third kappa shape index (κ3) is 3.33. The number of benzene rings is 1. The summed E-state index contributed by atoms with van der Waals surface area (Å²) in [7, 11) is -3.85. The predicted octanol–water partition coefficient (Wildman–Crippen LogP) is 3.71. The van der Waals surface area contributed by atoms with E-state index in [4.69, 9.17) is 4.42 Å². The van der Waals surface area contributed by atoms with Crippen LogP contribution < -0.4 is 4.72 Å². The number of halogens is 2. The molecule has 0 amide bonds. The second kappa shape index (κ2) is 6.12. The SMILES string of the molecule is Cc1oc(C)c(S(=O)(=O)Nc2ccc(Br)cc2Br)c1CO. The number of hydrogen-bond acceptors (Lipinski definition) is 4. The quantitative estimate of drug-likeness (QED) is 0.762. The first kappa shape index (κ1) is 16.5. The summed E-state index contributed by atoms with van der Waals surface area (Å²) in [5.74, 6) is 0.641. The highest BCUT2D eigenvalue weighted by atomic mass is 79.9. The van der Waals surface area contributed by atoms with Crippen molar-refractivity contribution in [2.45, 2.75) is 25.3 Å². The number of hydrogen-bond donors (Lipinski definition) is 2. The normalized spacial score (nSPS) is 11.7. The smallest absolute Gasteiger partial charge is 0.265 e. The molecule has 114 valence electrons. The Morgan fingerprint density at radius 1 is 1.24 bits per heavy atom. The van der Waals surface area contributed by atoms with Crippen molar-refractivity contribution in [2.24, 2.45) is 0 Å². The van der Waals surface area contributed by atoms with Crippen molar-refractivity contribution >= 4 is 47.6 Å². The predicted molar refractivity (Wildman–Crippen MR) is 86.8 cm³/mol. The van der Waals surface area contributed by atoms with Gasteiger partial charge < -0.3 is 9.52 Å². The minimum atomic E-state index is -3.85. The summed E-state index contributed by atoms with van der Waals surface area (Å²) in [5, 5.41) is 9.37. The second-order valence-corrected chi connectivity index (χ2v) is 7.80. The first-order chi connectivity index (χ1) is 9.76. The van der Waals surface area contributed by atoms with Crippen molar-refractivity contribution in [1.82, 2.24) is 0 Å². The molecule has 0 aliphatic carbocycles. The summed E-state index contributed by atoms with van der Waals surface area (Å²) in [4.78, 5) is -0.0164. The molecule has 5 nitrogen and oxygen atoms in total. The Labute approximate surface area is 139 Å². The molecule has 21 heavy (non-hydrogen) atoms. The van der Waals surface area contributed by atoms with Crippen molar-refractivity contribution in [3.05, 3.63) is 44.2 Å². The van der Waals surface area contributed by atoms with Gasteiger partial charge in [-0.1, -0.05) is 15.9 Å². The van der Waals surface area contributed by atoms with Crippen LogP contribution in [0.4, 0.5) is 5.69 Å². The van der Waals surface area contributed by atoms with Crippen molar-refractivity contribution < 1.29 is 17.9 Å². The van der Waals surface area contributed by atoms with Crippen LogP contribution in [0.2, 0.25) is 0 Å². The van der Waals surface area contributed by atoms with Crippen LogP contribution in [-0.4, -0.2) is 13.5 Å². The number of anilines is 1. The lowest BCUT2D eigenvalue weighted by Gasteiger charge is -2.10. The lowest BCUT2D eigenvalue weighted by Crippen LogP contribution is -2.15. The molecular weight excluding hydrogens is 426 g/mol. The van der Waals surface area contributed by atoms with Gasteiger partial charge in [0.05, 0.1) is 12.3 Å². The van der Waals surface area contributed by atoms with Gasteiger partial charge >= 0.3 is 0 Å². The van der Waals surface area contributed by atoms with E-state index >= 15 is 0 Å². The maximum Gasteiger partial charge on any atom is 0.265 e. The highest BCUT2D eigenvalue weighted by Gasteiger charge is 2.27. The van der Waals surface area contributed by atoms with E-state index in [0.717, 1.165) is 4.47 Å². The Balaban J connectivity index is 2.48. The Hall–Kier alpha value is -0.830. The lowest BCUT2D eigenvalue weighted by atomic mass is 10.2. The first-order valence-electron chi connectivity index (χ1n) is 5.94. The van der Waals surface area contributed by atoms with Gasteiger partial charge in [0.1, 0.15) is 16.4 Å². The fraction of sp³-hybridized carbons (Fsp3) is 0.231. The summed E-state index contributed by atoms with van der Waals surface area (Å²) in [6.45, 7) is 2.77. The molecule has 0 aliphatic heterocycles. The summed E-state index contributed by atoms with van der Waals surface area (Å²) in [6, 6.07) is 5.09. The van der Waals surface area contributed by atoms with E-state index in [0.29, 0.717) is 15.9 Å². The van der Waals surface area contributed by atoms with Crippen LogP contribution in [0.15, 0.2) is 36.5 Å². The summed E-state index contributed by atoms with van der Waals surface area (Å²) in [5.41, 5.74) is 0.675. The number of sulfonamides is 1. The number of rotatable bonds is 4. The molecule has 0 aliphatic rings. The van der Waals surface area contributed by atoms with Crippen molar-refractivity contribution in [3.8, 4) is 0 Å². The third-order valence-corrected chi connectivity index (χ3v) is 5.64. The zero-order valence-corrected chi connectivity index (χ0v) is 15.3. The largest absolute Gasteiger partial charge is 0.465 e. The van der Waals surface area contributed by atoms with Crippen LogP contribution >= 0.6 is 31.9 Å². The number of aryl methyl sites for hydroxylation is 2. The highest BCUT2D eigenvalue weighted by molar-refractivity contribution is 9.11. The Kier molecular flexibility index (Phi) is 4.82. The maximum atomic E-state index is 12.5. The minimum absolute atomic E-state index is 0.0164. The molecule has 8 heteroatoms. The molecule has 1 aromatic carbocycles. The average Bonchev–Trinajstić information content (AvgIpc) is 2.67. The lowest BCUT2D eigenvalue weighted by molar-refractivity contribution is 0.276. The van der Waals surface area contributed by atoms with Crippen LogP contribution in [0.5, 0.6) is 0 Å².